The van der Waals surface area contributed by atoms with Gasteiger partial charge >= 0.3 is 0 Å². The molecule has 1 aliphatic heterocycles. The van der Waals surface area contributed by atoms with Crippen LogP contribution in [0.3, 0.4) is 0 Å². The molecule has 0 radical (unpaired) electrons. The zero-order valence-corrected chi connectivity index (χ0v) is 13.8. The van der Waals surface area contributed by atoms with Gasteiger partial charge in [-0.25, -0.2) is 0 Å². The molecule has 22 heavy (non-hydrogen) atoms. The van der Waals surface area contributed by atoms with Crippen LogP contribution in [0.15, 0.2) is 24.3 Å². The van der Waals surface area contributed by atoms with Gasteiger partial charge in [0.25, 0.3) is 0 Å². The number of rotatable bonds is 4. The van der Waals surface area contributed by atoms with E-state index in [4.69, 9.17) is 0 Å². The molecule has 0 N–H and O–H groups in total. The molecule has 1 amide bonds. The number of nitrogens with zero attached hydrogens (tertiary/aromatic N) is 2. The van der Waals surface area contributed by atoms with Crippen LogP contribution in [0.25, 0.3) is 0 Å². The lowest BCUT2D eigenvalue weighted by Crippen LogP contribution is -2.37. The molecule has 3 rings (SSSR count). The second-order valence-electron chi connectivity index (χ2n) is 6.76. The topological polar surface area (TPSA) is 23.6 Å². The second-order valence-corrected chi connectivity index (χ2v) is 6.76. The summed E-state index contributed by atoms with van der Waals surface area (Å²) in [4.78, 5) is 17.0. The summed E-state index contributed by atoms with van der Waals surface area (Å²) in [5.74, 6) is 0.298. The highest BCUT2D eigenvalue weighted by Crippen LogP contribution is 2.33. The Morgan fingerprint density at radius 3 is 2.77 bits per heavy atom. The summed E-state index contributed by atoms with van der Waals surface area (Å²) in [6.07, 6.45) is 8.04. The van der Waals surface area contributed by atoms with Crippen LogP contribution in [-0.4, -0.2) is 42.4 Å². The molecule has 0 saturated carbocycles. The third-order valence-corrected chi connectivity index (χ3v) is 5.29. The van der Waals surface area contributed by atoms with Crippen LogP contribution in [0.1, 0.15) is 55.7 Å². The predicted octanol–water partition coefficient (Wildman–Crippen LogP) is 3.40. The van der Waals surface area contributed by atoms with Crippen LogP contribution in [0, 0.1) is 0 Å². The molecule has 0 bridgehead atoms. The molecule has 120 valence electrons. The largest absolute Gasteiger partial charge is 0.339 e. The average molecular weight is 300 g/mol. The highest BCUT2D eigenvalue weighted by Gasteiger charge is 2.26. The number of carbonyl (C=O) groups is 1. The first-order valence-electron chi connectivity index (χ1n) is 8.81. The van der Waals surface area contributed by atoms with Gasteiger partial charge in [-0.15, -0.1) is 0 Å². The zero-order chi connectivity index (χ0) is 15.4. The first kappa shape index (κ1) is 15.5. The van der Waals surface area contributed by atoms with Gasteiger partial charge in [-0.05, 0) is 56.3 Å². The van der Waals surface area contributed by atoms with Crippen LogP contribution in [0.2, 0.25) is 0 Å². The number of piperidine rings is 1. The minimum Gasteiger partial charge on any atom is -0.339 e. The Hall–Kier alpha value is -1.35. The van der Waals surface area contributed by atoms with Crippen LogP contribution < -0.4 is 0 Å². The Morgan fingerprint density at radius 2 is 1.95 bits per heavy atom. The van der Waals surface area contributed by atoms with Crippen molar-refractivity contribution in [2.75, 3.05) is 26.7 Å². The van der Waals surface area contributed by atoms with Gasteiger partial charge in [0, 0.05) is 20.0 Å². The number of hydrogen-bond acceptors (Lipinski definition) is 2. The van der Waals surface area contributed by atoms with Gasteiger partial charge < -0.3 is 9.80 Å². The van der Waals surface area contributed by atoms with E-state index in [9.17, 15) is 4.79 Å². The maximum absolute atomic E-state index is 12.6. The third-order valence-electron chi connectivity index (χ3n) is 5.29. The lowest BCUT2D eigenvalue weighted by Gasteiger charge is -2.34. The van der Waals surface area contributed by atoms with E-state index < -0.39 is 0 Å². The molecule has 1 aromatic rings. The van der Waals surface area contributed by atoms with Crippen molar-refractivity contribution in [3.63, 3.8) is 0 Å². The van der Waals surface area contributed by atoms with Crippen molar-refractivity contribution in [2.45, 2.75) is 51.0 Å². The monoisotopic (exact) mass is 300 g/mol. The Kier molecular flexibility index (Phi) is 5.14. The van der Waals surface area contributed by atoms with E-state index in [1.54, 1.807) is 0 Å². The molecule has 1 heterocycles. The molecule has 1 atom stereocenters. The Morgan fingerprint density at radius 1 is 1.18 bits per heavy atom. The summed E-state index contributed by atoms with van der Waals surface area (Å²) in [5, 5.41) is 0. The number of fused-ring (bicyclic) bond motifs is 1. The van der Waals surface area contributed by atoms with Gasteiger partial charge in [0.05, 0.1) is 6.04 Å². The zero-order valence-electron chi connectivity index (χ0n) is 13.8. The molecule has 0 aromatic heterocycles. The summed E-state index contributed by atoms with van der Waals surface area (Å²) >= 11 is 0. The van der Waals surface area contributed by atoms with Crippen molar-refractivity contribution >= 4 is 5.91 Å². The number of benzene rings is 1. The molecule has 3 nitrogen and oxygen atoms in total. The van der Waals surface area contributed by atoms with Crippen LogP contribution in [0.4, 0.5) is 0 Å². The fraction of sp³-hybridized carbons (Fsp3) is 0.632. The standard InChI is InChI=1S/C19H28N2O/c1-20(19(22)12-15-21-13-5-2-6-14-21)18-11-7-9-16-8-3-4-10-17(16)18/h3-4,8,10,18H,2,5-7,9,11-15H2,1H3/t18-/m1/s1. The van der Waals surface area contributed by atoms with Crippen molar-refractivity contribution in [2.24, 2.45) is 0 Å². The predicted molar refractivity (Wildman–Crippen MR) is 89.8 cm³/mol. The minimum absolute atomic E-state index is 0.277. The van der Waals surface area contributed by atoms with E-state index in [2.05, 4.69) is 29.2 Å². The van der Waals surface area contributed by atoms with E-state index in [1.165, 1.54) is 49.9 Å². The van der Waals surface area contributed by atoms with Crippen molar-refractivity contribution in [1.29, 1.82) is 0 Å². The molecule has 3 heteroatoms. The fourth-order valence-electron chi connectivity index (χ4n) is 3.92. The first-order valence-corrected chi connectivity index (χ1v) is 8.81. The molecule has 1 saturated heterocycles. The smallest absolute Gasteiger partial charge is 0.224 e. The quantitative estimate of drug-likeness (QED) is 0.851. The van der Waals surface area contributed by atoms with Crippen molar-refractivity contribution in [3.8, 4) is 0 Å². The summed E-state index contributed by atoms with van der Waals surface area (Å²) in [7, 11) is 1.99. The van der Waals surface area contributed by atoms with Gasteiger partial charge in [-0.2, -0.15) is 0 Å². The summed E-state index contributed by atoms with van der Waals surface area (Å²) in [6, 6.07) is 8.91. The maximum Gasteiger partial charge on any atom is 0.224 e. The Balaban J connectivity index is 1.59. The van der Waals surface area contributed by atoms with Gasteiger partial charge in [0.1, 0.15) is 0 Å². The van der Waals surface area contributed by atoms with E-state index in [0.29, 0.717) is 12.3 Å². The lowest BCUT2D eigenvalue weighted by atomic mass is 9.87. The molecule has 0 unspecified atom stereocenters. The fourth-order valence-corrected chi connectivity index (χ4v) is 3.92. The van der Waals surface area contributed by atoms with E-state index in [0.717, 1.165) is 19.4 Å². The maximum atomic E-state index is 12.6. The van der Waals surface area contributed by atoms with Crippen LogP contribution >= 0.6 is 0 Å². The molecular formula is C19H28N2O. The minimum atomic E-state index is 0.277. The first-order chi connectivity index (χ1) is 10.8. The molecule has 1 aliphatic carbocycles. The number of aryl methyl sites for hydroxylation is 1. The Bertz CT molecular complexity index is 508. The number of likely N-dealkylation sites (tertiary alicyclic amines) is 1. The summed E-state index contributed by atoms with van der Waals surface area (Å²) in [5.41, 5.74) is 2.79. The Labute approximate surface area is 134 Å². The number of hydrogen-bond donors (Lipinski definition) is 0. The van der Waals surface area contributed by atoms with Crippen molar-refractivity contribution in [3.05, 3.63) is 35.4 Å². The normalized spacial score (nSPS) is 22.1. The van der Waals surface area contributed by atoms with Crippen LogP contribution in [0.5, 0.6) is 0 Å². The molecule has 1 aromatic carbocycles. The number of amides is 1. The highest BCUT2D eigenvalue weighted by atomic mass is 16.2. The van der Waals surface area contributed by atoms with Crippen LogP contribution in [-0.2, 0) is 11.2 Å². The highest BCUT2D eigenvalue weighted by molar-refractivity contribution is 5.76. The van der Waals surface area contributed by atoms with E-state index in [1.807, 2.05) is 11.9 Å². The molecule has 2 aliphatic rings. The SMILES string of the molecule is CN(C(=O)CCN1CCCCC1)[C@@H]1CCCc2ccccc21. The third kappa shape index (κ3) is 3.52. The molecular weight excluding hydrogens is 272 g/mol. The molecule has 1 fully saturated rings. The number of carbonyl (C=O) groups excluding carboxylic acids is 1. The van der Waals surface area contributed by atoms with Crippen molar-refractivity contribution < 1.29 is 4.79 Å². The van der Waals surface area contributed by atoms with Gasteiger partial charge in [0.2, 0.25) is 5.91 Å². The van der Waals surface area contributed by atoms with E-state index >= 15 is 0 Å². The summed E-state index contributed by atoms with van der Waals surface area (Å²) in [6.45, 7) is 3.27. The summed E-state index contributed by atoms with van der Waals surface area (Å²) < 4.78 is 0. The lowest BCUT2D eigenvalue weighted by molar-refractivity contribution is -0.132. The second kappa shape index (κ2) is 7.28. The van der Waals surface area contributed by atoms with Crippen molar-refractivity contribution in [1.82, 2.24) is 9.80 Å². The van der Waals surface area contributed by atoms with E-state index in [-0.39, 0.29) is 6.04 Å². The van der Waals surface area contributed by atoms with Gasteiger partial charge in [0.15, 0.2) is 0 Å². The molecule has 0 spiro atoms. The van der Waals surface area contributed by atoms with Gasteiger partial charge in [-0.1, -0.05) is 30.7 Å². The van der Waals surface area contributed by atoms with Gasteiger partial charge in [-0.3, -0.25) is 4.79 Å². The average Bonchev–Trinajstić information content (AvgIpc) is 2.59.